The van der Waals surface area contributed by atoms with Crippen LogP contribution in [0, 0.1) is 17.0 Å². The number of fused-ring (bicyclic) bond motifs is 1. The molecular formula is C14H10ClN3O4S2. The Morgan fingerprint density at radius 1 is 1.25 bits per heavy atom. The first-order valence-corrected chi connectivity index (χ1v) is 9.28. The fourth-order valence-corrected chi connectivity index (χ4v) is 4.24. The number of thiazole rings is 1. The molecule has 10 heteroatoms. The number of sulfonamides is 1. The van der Waals surface area contributed by atoms with Crippen LogP contribution >= 0.6 is 22.9 Å². The number of halogens is 1. The van der Waals surface area contributed by atoms with E-state index in [1.165, 1.54) is 23.5 Å². The van der Waals surface area contributed by atoms with Gasteiger partial charge in [0.25, 0.3) is 15.7 Å². The molecule has 0 bridgehead atoms. The minimum Gasteiger partial charge on any atom is -0.280 e. The van der Waals surface area contributed by atoms with Crippen molar-refractivity contribution in [1.29, 1.82) is 0 Å². The predicted octanol–water partition coefficient (Wildman–Crippen LogP) is 3.97. The quantitative estimate of drug-likeness (QED) is 0.542. The van der Waals surface area contributed by atoms with Gasteiger partial charge in [0.05, 0.1) is 30.7 Å². The first-order valence-electron chi connectivity index (χ1n) is 6.60. The van der Waals surface area contributed by atoms with Gasteiger partial charge in [0.15, 0.2) is 0 Å². The molecule has 2 aromatic carbocycles. The number of rotatable bonds is 4. The minimum absolute atomic E-state index is 0.125. The Kier molecular flexibility index (Phi) is 4.16. The number of aromatic nitrogens is 1. The van der Waals surface area contributed by atoms with Gasteiger partial charge in [-0.15, -0.1) is 11.3 Å². The number of nitrogens with zero attached hydrogens (tertiary/aromatic N) is 2. The minimum atomic E-state index is -3.98. The van der Waals surface area contributed by atoms with Crippen LogP contribution in [0.5, 0.6) is 0 Å². The molecule has 0 amide bonds. The maximum Gasteiger partial charge on any atom is 0.289 e. The van der Waals surface area contributed by atoms with Gasteiger partial charge in [0.1, 0.15) is 5.02 Å². The molecule has 0 unspecified atom stereocenters. The van der Waals surface area contributed by atoms with E-state index >= 15 is 0 Å². The zero-order chi connectivity index (χ0) is 17.5. The lowest BCUT2D eigenvalue weighted by atomic mass is 10.3. The molecule has 0 saturated heterocycles. The highest BCUT2D eigenvalue weighted by molar-refractivity contribution is 7.92. The highest BCUT2D eigenvalue weighted by Crippen LogP contribution is 2.29. The summed E-state index contributed by atoms with van der Waals surface area (Å²) in [6.07, 6.45) is 0. The highest BCUT2D eigenvalue weighted by Gasteiger charge is 2.21. The Bertz CT molecular complexity index is 1060. The van der Waals surface area contributed by atoms with Crippen LogP contribution in [0.4, 0.5) is 11.4 Å². The fraction of sp³-hybridized carbons (Fsp3) is 0.0714. The molecule has 124 valence electrons. The summed E-state index contributed by atoms with van der Waals surface area (Å²) in [5.41, 5.74) is 0.666. The number of nitro groups is 1. The summed E-state index contributed by atoms with van der Waals surface area (Å²) in [7, 11) is -3.98. The van der Waals surface area contributed by atoms with Crippen LogP contribution in [0.15, 0.2) is 41.3 Å². The molecule has 0 radical (unpaired) electrons. The zero-order valence-electron chi connectivity index (χ0n) is 12.2. The van der Waals surface area contributed by atoms with Crippen LogP contribution in [-0.4, -0.2) is 18.3 Å². The third-order valence-corrected chi connectivity index (χ3v) is 5.80. The third-order valence-electron chi connectivity index (χ3n) is 3.17. The monoisotopic (exact) mass is 383 g/mol. The van der Waals surface area contributed by atoms with Crippen molar-refractivity contribution in [2.45, 2.75) is 11.8 Å². The van der Waals surface area contributed by atoms with Crippen molar-refractivity contribution in [3.63, 3.8) is 0 Å². The smallest absolute Gasteiger partial charge is 0.280 e. The Hall–Kier alpha value is -2.23. The summed E-state index contributed by atoms with van der Waals surface area (Å²) in [5.74, 6) is 0. The molecular weight excluding hydrogens is 374 g/mol. The van der Waals surface area contributed by atoms with E-state index in [4.69, 9.17) is 11.6 Å². The van der Waals surface area contributed by atoms with E-state index in [1.807, 2.05) is 6.92 Å². The van der Waals surface area contributed by atoms with E-state index in [-0.39, 0.29) is 9.92 Å². The maximum atomic E-state index is 12.4. The van der Waals surface area contributed by atoms with Crippen LogP contribution in [0.3, 0.4) is 0 Å². The normalized spacial score (nSPS) is 11.6. The maximum absolute atomic E-state index is 12.4. The molecule has 1 N–H and O–H groups in total. The van der Waals surface area contributed by atoms with Crippen molar-refractivity contribution < 1.29 is 13.3 Å². The van der Waals surface area contributed by atoms with E-state index in [2.05, 4.69) is 9.71 Å². The SMILES string of the molecule is Cc1nc2ccc(NS(=O)(=O)c3ccc(Cl)c([N+](=O)[O-])c3)cc2s1. The second-order valence-corrected chi connectivity index (χ2v) is 8.22. The Morgan fingerprint density at radius 2 is 2.00 bits per heavy atom. The molecule has 0 saturated carbocycles. The molecule has 0 aliphatic rings. The summed E-state index contributed by atoms with van der Waals surface area (Å²) in [4.78, 5) is 14.2. The zero-order valence-corrected chi connectivity index (χ0v) is 14.6. The van der Waals surface area contributed by atoms with Gasteiger partial charge >= 0.3 is 0 Å². The summed E-state index contributed by atoms with van der Waals surface area (Å²) in [5, 5.41) is 11.7. The Balaban J connectivity index is 1.98. The van der Waals surface area contributed by atoms with Crippen molar-refractivity contribution in [3.05, 3.63) is 56.5 Å². The summed E-state index contributed by atoms with van der Waals surface area (Å²) in [6, 6.07) is 8.29. The Labute approximate surface area is 146 Å². The van der Waals surface area contributed by atoms with Crippen molar-refractivity contribution >= 4 is 54.6 Å². The van der Waals surface area contributed by atoms with E-state index in [9.17, 15) is 18.5 Å². The highest BCUT2D eigenvalue weighted by atomic mass is 35.5. The van der Waals surface area contributed by atoms with E-state index in [0.717, 1.165) is 21.3 Å². The molecule has 7 nitrogen and oxygen atoms in total. The lowest BCUT2D eigenvalue weighted by molar-refractivity contribution is -0.384. The average molecular weight is 384 g/mol. The number of hydrogen-bond acceptors (Lipinski definition) is 6. The van der Waals surface area contributed by atoms with E-state index < -0.39 is 20.6 Å². The molecule has 0 aliphatic heterocycles. The lowest BCUT2D eigenvalue weighted by Gasteiger charge is -2.08. The molecule has 24 heavy (non-hydrogen) atoms. The van der Waals surface area contributed by atoms with E-state index in [0.29, 0.717) is 5.69 Å². The second kappa shape index (κ2) is 6.00. The standard InChI is InChI=1S/C14H10ClN3O4S2/c1-8-16-12-5-2-9(6-14(12)23-8)17-24(21,22)10-3-4-11(15)13(7-10)18(19)20/h2-7,17H,1H3. The van der Waals surface area contributed by atoms with Gasteiger partial charge in [-0.05, 0) is 37.3 Å². The predicted molar refractivity (Wildman–Crippen MR) is 93.3 cm³/mol. The van der Waals surface area contributed by atoms with Crippen LogP contribution < -0.4 is 4.72 Å². The molecule has 3 rings (SSSR count). The van der Waals surface area contributed by atoms with Crippen molar-refractivity contribution in [2.24, 2.45) is 0 Å². The van der Waals surface area contributed by atoms with Gasteiger partial charge in [-0.1, -0.05) is 11.6 Å². The second-order valence-electron chi connectivity index (χ2n) is 4.89. The van der Waals surface area contributed by atoms with Gasteiger partial charge in [-0.25, -0.2) is 13.4 Å². The molecule has 3 aromatic rings. The number of nitrogens with one attached hydrogen (secondary N) is 1. The van der Waals surface area contributed by atoms with Gasteiger partial charge < -0.3 is 0 Å². The first-order chi connectivity index (χ1) is 11.3. The van der Waals surface area contributed by atoms with Crippen molar-refractivity contribution in [2.75, 3.05) is 4.72 Å². The van der Waals surface area contributed by atoms with Crippen LogP contribution in [0.25, 0.3) is 10.2 Å². The number of anilines is 1. The third kappa shape index (κ3) is 3.18. The number of aryl methyl sites for hydroxylation is 1. The van der Waals surface area contributed by atoms with Gasteiger partial charge in [0, 0.05) is 6.07 Å². The summed E-state index contributed by atoms with van der Waals surface area (Å²) >= 11 is 7.15. The first kappa shape index (κ1) is 16.6. The largest absolute Gasteiger partial charge is 0.289 e. The van der Waals surface area contributed by atoms with Crippen LogP contribution in [0.1, 0.15) is 5.01 Å². The van der Waals surface area contributed by atoms with Gasteiger partial charge in [-0.3, -0.25) is 14.8 Å². The van der Waals surface area contributed by atoms with Gasteiger partial charge in [-0.2, -0.15) is 0 Å². The molecule has 0 spiro atoms. The lowest BCUT2D eigenvalue weighted by Crippen LogP contribution is -2.13. The number of hydrogen-bond donors (Lipinski definition) is 1. The Morgan fingerprint density at radius 3 is 2.71 bits per heavy atom. The van der Waals surface area contributed by atoms with Crippen LogP contribution in [-0.2, 0) is 10.0 Å². The molecule has 0 aliphatic carbocycles. The van der Waals surface area contributed by atoms with Crippen LogP contribution in [0.2, 0.25) is 5.02 Å². The van der Waals surface area contributed by atoms with E-state index in [1.54, 1.807) is 18.2 Å². The molecule has 0 fully saturated rings. The molecule has 0 atom stereocenters. The fourth-order valence-electron chi connectivity index (χ4n) is 2.12. The summed E-state index contributed by atoms with van der Waals surface area (Å²) < 4.78 is 28.1. The average Bonchev–Trinajstić information content (AvgIpc) is 2.86. The number of nitro benzene ring substituents is 1. The summed E-state index contributed by atoms with van der Waals surface area (Å²) in [6.45, 7) is 1.86. The van der Waals surface area contributed by atoms with Crippen molar-refractivity contribution in [1.82, 2.24) is 4.98 Å². The molecule has 1 aromatic heterocycles. The molecule has 1 heterocycles. The number of benzene rings is 2. The topological polar surface area (TPSA) is 102 Å². The van der Waals surface area contributed by atoms with Gasteiger partial charge in [0.2, 0.25) is 0 Å². The van der Waals surface area contributed by atoms with Crippen molar-refractivity contribution in [3.8, 4) is 0 Å².